The van der Waals surface area contributed by atoms with Gasteiger partial charge in [-0.15, -0.1) is 4.37 Å². The summed E-state index contributed by atoms with van der Waals surface area (Å²) in [6.45, 7) is 2.04. The first-order valence-electron chi connectivity index (χ1n) is 10.7. The molecule has 1 aromatic heterocycles. The number of ketones is 1. The van der Waals surface area contributed by atoms with Gasteiger partial charge in [0.15, 0.2) is 18.5 Å². The highest BCUT2D eigenvalue weighted by Crippen LogP contribution is 2.39. The minimum atomic E-state index is -0.871. The molecule has 0 unspecified atom stereocenters. The van der Waals surface area contributed by atoms with Gasteiger partial charge in [-0.3, -0.25) is 14.5 Å². The lowest BCUT2D eigenvalue weighted by Gasteiger charge is -2.34. The second-order valence-corrected chi connectivity index (χ2v) is 9.02. The number of nitrogens with zero attached hydrogens (tertiary/aromatic N) is 4. The number of halogens is 1. The summed E-state index contributed by atoms with van der Waals surface area (Å²) in [5, 5.41) is 3.21. The predicted molar refractivity (Wildman–Crippen MR) is 118 cm³/mol. The number of hydrogen-bond acceptors (Lipinski definition) is 11. The number of anilines is 2. The van der Waals surface area contributed by atoms with E-state index in [4.69, 9.17) is 14.2 Å². The smallest absolute Gasteiger partial charge is 0.414 e. The second kappa shape index (κ2) is 8.80. The fourth-order valence-corrected chi connectivity index (χ4v) is 4.99. The number of cyclic esters (lactones) is 1. The third-order valence-electron chi connectivity index (χ3n) is 6.27. The van der Waals surface area contributed by atoms with E-state index in [9.17, 15) is 14.4 Å². The van der Waals surface area contributed by atoms with Crippen molar-refractivity contribution in [2.45, 2.75) is 31.0 Å². The lowest BCUT2D eigenvalue weighted by atomic mass is 9.95. The van der Waals surface area contributed by atoms with Gasteiger partial charge in [0, 0.05) is 26.1 Å². The summed E-state index contributed by atoms with van der Waals surface area (Å²) in [5.41, 5.74) is -0.155. The quantitative estimate of drug-likeness (QED) is 0.538. The summed E-state index contributed by atoms with van der Waals surface area (Å²) in [5.74, 6) is -0.904. The van der Waals surface area contributed by atoms with Crippen LogP contribution in [0.4, 0.5) is 20.6 Å². The molecule has 1 N–H and O–H groups in total. The monoisotopic (exact) mass is 491 g/mol. The second-order valence-electron chi connectivity index (χ2n) is 8.46. The molecule has 0 spiro atoms. The molecule has 180 valence electrons. The Bertz CT molecular complexity index is 1120. The fraction of sp³-hybridized carbons (Fsp3) is 0.476. The van der Waals surface area contributed by atoms with E-state index in [2.05, 4.69) is 14.1 Å². The summed E-state index contributed by atoms with van der Waals surface area (Å²) in [6, 6.07) is 4.48. The molecule has 11 nitrogen and oxygen atoms in total. The van der Waals surface area contributed by atoms with Crippen LogP contribution in [0.15, 0.2) is 24.4 Å². The minimum Gasteiger partial charge on any atom is -0.472 e. The van der Waals surface area contributed by atoms with E-state index in [1.807, 2.05) is 4.90 Å². The number of nitrogens with one attached hydrogen (secondary N) is 1. The number of aromatic nitrogens is 2. The fourth-order valence-electron chi connectivity index (χ4n) is 4.62. The molecular weight excluding hydrogens is 469 g/mol. The molecule has 0 radical (unpaired) electrons. The van der Waals surface area contributed by atoms with Gasteiger partial charge in [0.1, 0.15) is 24.2 Å². The molecule has 5 rings (SSSR count). The van der Waals surface area contributed by atoms with Crippen LogP contribution in [0.1, 0.15) is 13.3 Å². The molecule has 1 amide bonds. The average molecular weight is 492 g/mol. The van der Waals surface area contributed by atoms with Gasteiger partial charge in [0.25, 0.3) is 0 Å². The zero-order chi connectivity index (χ0) is 23.9. The van der Waals surface area contributed by atoms with E-state index in [1.165, 1.54) is 24.1 Å². The highest BCUT2D eigenvalue weighted by molar-refractivity contribution is 6.99. The maximum atomic E-state index is 15.2. The van der Waals surface area contributed by atoms with Crippen molar-refractivity contribution in [3.05, 3.63) is 30.2 Å². The highest BCUT2D eigenvalue weighted by atomic mass is 32.1. The van der Waals surface area contributed by atoms with Gasteiger partial charge in [-0.25, -0.2) is 9.18 Å². The van der Waals surface area contributed by atoms with Crippen LogP contribution in [0.3, 0.4) is 0 Å². The molecule has 3 aliphatic rings. The minimum absolute atomic E-state index is 0.0693. The van der Waals surface area contributed by atoms with E-state index >= 15 is 4.39 Å². The summed E-state index contributed by atoms with van der Waals surface area (Å²) in [4.78, 5) is 39.3. The van der Waals surface area contributed by atoms with Crippen LogP contribution >= 0.6 is 11.7 Å². The molecule has 4 heterocycles. The zero-order valence-electron chi connectivity index (χ0n) is 18.2. The van der Waals surface area contributed by atoms with Crippen molar-refractivity contribution in [1.29, 1.82) is 0 Å². The molecule has 3 atom stereocenters. The van der Waals surface area contributed by atoms with E-state index in [-0.39, 0.29) is 38.1 Å². The third-order valence-corrected chi connectivity index (χ3v) is 6.73. The average Bonchev–Trinajstić information content (AvgIpc) is 3.60. The lowest BCUT2D eigenvalue weighted by molar-refractivity contribution is -0.147. The Labute approximate surface area is 198 Å². The first-order valence-corrected chi connectivity index (χ1v) is 11.4. The van der Waals surface area contributed by atoms with Crippen LogP contribution in [0.5, 0.6) is 5.88 Å². The Balaban J connectivity index is 1.25. The van der Waals surface area contributed by atoms with Gasteiger partial charge >= 0.3 is 12.1 Å². The zero-order valence-corrected chi connectivity index (χ0v) is 19.0. The molecule has 13 heteroatoms. The van der Waals surface area contributed by atoms with Crippen molar-refractivity contribution in [3.63, 3.8) is 0 Å². The number of carbonyl (C=O) groups is 3. The molecule has 3 aliphatic heterocycles. The van der Waals surface area contributed by atoms with E-state index < -0.39 is 29.5 Å². The number of ether oxygens (including phenoxy) is 3. The highest BCUT2D eigenvalue weighted by Gasteiger charge is 2.54. The van der Waals surface area contributed by atoms with Crippen molar-refractivity contribution in [2.24, 2.45) is 0 Å². The van der Waals surface area contributed by atoms with Crippen LogP contribution in [0.2, 0.25) is 0 Å². The number of amides is 1. The van der Waals surface area contributed by atoms with Crippen molar-refractivity contribution < 1.29 is 33.0 Å². The van der Waals surface area contributed by atoms with Gasteiger partial charge in [-0.05, 0) is 24.6 Å². The Morgan fingerprint density at radius 1 is 1.41 bits per heavy atom. The molecule has 3 saturated heterocycles. The van der Waals surface area contributed by atoms with Crippen LogP contribution in [0, 0.1) is 5.82 Å². The van der Waals surface area contributed by atoms with Gasteiger partial charge in [0.05, 0.1) is 29.6 Å². The first-order chi connectivity index (χ1) is 16.3. The van der Waals surface area contributed by atoms with Crippen LogP contribution < -0.4 is 19.9 Å². The number of carbonyl (C=O) groups excluding carboxylic acids is 3. The maximum absolute atomic E-state index is 15.2. The van der Waals surface area contributed by atoms with Gasteiger partial charge < -0.3 is 24.4 Å². The number of esters is 1. The first kappa shape index (κ1) is 22.5. The SMILES string of the molecule is CC(=O)OCC(=O)[C@@]12C[C@@H](CN1)N(c1ccc(N3C[C@H](COc4cnsn4)OC3=O)cc1F)C2. The Morgan fingerprint density at radius 2 is 2.26 bits per heavy atom. The summed E-state index contributed by atoms with van der Waals surface area (Å²) >= 11 is 1.01. The van der Waals surface area contributed by atoms with Crippen molar-refractivity contribution >= 4 is 40.9 Å². The van der Waals surface area contributed by atoms with Gasteiger partial charge in [0.2, 0.25) is 5.88 Å². The van der Waals surface area contributed by atoms with Crippen molar-refractivity contribution in [3.8, 4) is 5.88 Å². The number of benzene rings is 1. The lowest BCUT2D eigenvalue weighted by Crippen LogP contribution is -2.57. The molecule has 34 heavy (non-hydrogen) atoms. The molecule has 0 aliphatic carbocycles. The van der Waals surface area contributed by atoms with Gasteiger partial charge in [-0.2, -0.15) is 4.37 Å². The van der Waals surface area contributed by atoms with Crippen molar-refractivity contribution in [2.75, 3.05) is 42.6 Å². The summed E-state index contributed by atoms with van der Waals surface area (Å²) < 4.78 is 38.6. The topological polar surface area (TPSA) is 123 Å². The van der Waals surface area contributed by atoms with Crippen LogP contribution in [-0.4, -0.2) is 77.1 Å². The summed E-state index contributed by atoms with van der Waals surface area (Å²) in [6.07, 6.45) is 0.863. The Hall–Kier alpha value is -3.32. The number of Topliss-reactive ketones (excluding diaryl/α,β-unsaturated/α-hetero) is 1. The van der Waals surface area contributed by atoms with Gasteiger partial charge in [-0.1, -0.05) is 0 Å². The molecule has 1 aromatic carbocycles. The predicted octanol–water partition coefficient (Wildman–Crippen LogP) is 1.13. The maximum Gasteiger partial charge on any atom is 0.414 e. The van der Waals surface area contributed by atoms with E-state index in [0.717, 1.165) is 11.7 Å². The Kier molecular flexibility index (Phi) is 5.81. The van der Waals surface area contributed by atoms with E-state index in [1.54, 1.807) is 12.1 Å². The molecule has 2 aromatic rings. The largest absolute Gasteiger partial charge is 0.472 e. The summed E-state index contributed by atoms with van der Waals surface area (Å²) in [7, 11) is 0. The third kappa shape index (κ3) is 4.16. The number of piperazine rings is 1. The Morgan fingerprint density at radius 3 is 3.00 bits per heavy atom. The van der Waals surface area contributed by atoms with Crippen LogP contribution in [0.25, 0.3) is 0 Å². The molecule has 2 bridgehead atoms. The number of rotatable bonds is 8. The van der Waals surface area contributed by atoms with E-state index in [0.29, 0.717) is 30.2 Å². The number of hydrogen-bond donors (Lipinski definition) is 1. The molecular formula is C21H22FN5O6S. The van der Waals surface area contributed by atoms with Crippen LogP contribution in [-0.2, 0) is 19.1 Å². The van der Waals surface area contributed by atoms with Crippen molar-refractivity contribution in [1.82, 2.24) is 14.1 Å². The standard InChI is InChI=1S/C21H22FN5O6S/c1-12(28)31-10-18(29)21-5-14(6-23-21)27(11-21)17-3-2-13(4-16(17)22)26-8-15(33-20(26)30)9-32-19-7-24-34-25-19/h2-4,7,14-15,23H,5-6,8-11H2,1H3/t14-,15+,21-/m0/s1. The number of fused-ring (bicyclic) bond motifs is 2. The molecule has 0 saturated carbocycles. The molecule has 3 fully saturated rings. The normalized spacial score (nSPS) is 25.5.